The first-order valence-electron chi connectivity index (χ1n) is 13.5. The van der Waals surface area contributed by atoms with Crippen LogP contribution in [0.25, 0.3) is 16.6 Å². The second kappa shape index (κ2) is 8.07. The minimum absolute atomic E-state index is 0.0609. The van der Waals surface area contributed by atoms with Crippen molar-refractivity contribution in [3.63, 3.8) is 0 Å². The Morgan fingerprint density at radius 3 is 2.59 bits per heavy atom. The van der Waals surface area contributed by atoms with E-state index in [0.29, 0.717) is 35.4 Å². The number of nitro benzene ring substituents is 1. The van der Waals surface area contributed by atoms with E-state index in [2.05, 4.69) is 4.90 Å². The third-order valence-corrected chi connectivity index (χ3v) is 9.26. The largest absolute Gasteiger partial charge is 0.494 e. The van der Waals surface area contributed by atoms with Gasteiger partial charge >= 0.3 is 0 Å². The number of ether oxygens (including phenoxy) is 1. The maximum atomic E-state index is 14.6. The highest BCUT2D eigenvalue weighted by Gasteiger charge is 2.74. The lowest BCUT2D eigenvalue weighted by atomic mass is 9.75. The molecule has 4 atom stereocenters. The van der Waals surface area contributed by atoms with E-state index < -0.39 is 28.2 Å². The molecule has 1 aromatic heterocycles. The fourth-order valence-corrected chi connectivity index (χ4v) is 7.82. The van der Waals surface area contributed by atoms with E-state index in [-0.39, 0.29) is 34.6 Å². The summed E-state index contributed by atoms with van der Waals surface area (Å²) in [6.45, 7) is 0.649. The van der Waals surface area contributed by atoms with Crippen LogP contribution in [-0.4, -0.2) is 50.9 Å². The van der Waals surface area contributed by atoms with Crippen molar-refractivity contribution in [3.8, 4) is 11.4 Å². The summed E-state index contributed by atoms with van der Waals surface area (Å²) in [5.41, 5.74) is 0.554. The number of carbonyl (C=O) groups excluding carboxylic acids is 2. The van der Waals surface area contributed by atoms with E-state index in [4.69, 9.17) is 9.72 Å². The topological polar surface area (TPSA) is 128 Å². The maximum Gasteiger partial charge on any atom is 0.273 e. The third-order valence-electron chi connectivity index (χ3n) is 9.26. The number of fused-ring (bicyclic) bond motifs is 11. The van der Waals surface area contributed by atoms with Crippen molar-refractivity contribution in [2.24, 2.45) is 11.8 Å². The van der Waals surface area contributed by atoms with Gasteiger partial charge < -0.3 is 4.74 Å². The highest BCUT2D eigenvalue weighted by Crippen LogP contribution is 2.62. The molecule has 8 rings (SSSR count). The molecule has 0 aliphatic carbocycles. The van der Waals surface area contributed by atoms with Crippen LogP contribution in [0.5, 0.6) is 5.75 Å². The van der Waals surface area contributed by atoms with Gasteiger partial charge in [-0.1, -0.05) is 30.3 Å². The first-order chi connectivity index (χ1) is 19.9. The number of hydrogen-bond acceptors (Lipinski definition) is 8. The quantitative estimate of drug-likeness (QED) is 0.217. The number of nitrogens with zero attached hydrogens (tertiary/aromatic N) is 5. The summed E-state index contributed by atoms with van der Waals surface area (Å²) in [5, 5.41) is 11.9. The number of imide groups is 1. The molecule has 2 amide bonds. The summed E-state index contributed by atoms with van der Waals surface area (Å²) in [6.07, 6.45) is 1.55. The molecule has 11 nitrogen and oxygen atoms in total. The molecule has 0 bridgehead atoms. The van der Waals surface area contributed by atoms with Gasteiger partial charge in [-0.15, -0.1) is 0 Å². The maximum absolute atomic E-state index is 14.6. The van der Waals surface area contributed by atoms with Crippen molar-refractivity contribution >= 4 is 34.1 Å². The predicted octanol–water partition coefficient (Wildman–Crippen LogP) is 3.14. The molecule has 0 saturated carbocycles. The summed E-state index contributed by atoms with van der Waals surface area (Å²) in [5.74, 6) is -1.85. The van der Waals surface area contributed by atoms with Crippen LogP contribution in [-0.2, 0) is 15.1 Å². The fraction of sp³-hybridized carbons (Fsp3) is 0.267. The van der Waals surface area contributed by atoms with Crippen molar-refractivity contribution in [2.45, 2.75) is 24.4 Å². The molecule has 3 aromatic carbocycles. The van der Waals surface area contributed by atoms with Crippen molar-refractivity contribution in [2.75, 3.05) is 18.6 Å². The van der Waals surface area contributed by atoms with Gasteiger partial charge in [-0.05, 0) is 43.7 Å². The highest BCUT2D eigenvalue weighted by atomic mass is 16.6. The molecule has 3 saturated heterocycles. The Hall–Kier alpha value is -4.90. The van der Waals surface area contributed by atoms with Crippen LogP contribution in [0.2, 0.25) is 0 Å². The number of carbonyl (C=O) groups is 2. The Balaban J connectivity index is 1.40. The van der Waals surface area contributed by atoms with Gasteiger partial charge in [0.1, 0.15) is 17.1 Å². The monoisotopic (exact) mass is 549 g/mol. The summed E-state index contributed by atoms with van der Waals surface area (Å²) in [6, 6.07) is 18.3. The lowest BCUT2D eigenvalue weighted by Gasteiger charge is -2.38. The Labute approximate surface area is 232 Å². The molecule has 11 heteroatoms. The lowest BCUT2D eigenvalue weighted by Crippen LogP contribution is -2.51. The van der Waals surface area contributed by atoms with Crippen molar-refractivity contribution in [1.82, 2.24) is 14.5 Å². The average molecular weight is 550 g/mol. The molecule has 41 heavy (non-hydrogen) atoms. The summed E-state index contributed by atoms with van der Waals surface area (Å²) >= 11 is 0. The Kier molecular flexibility index (Phi) is 4.71. The number of amides is 2. The first-order valence-corrected chi connectivity index (χ1v) is 13.5. The number of aromatic nitrogens is 2. The molecule has 4 aliphatic heterocycles. The molecule has 1 spiro atoms. The zero-order chi connectivity index (χ0) is 28.2. The van der Waals surface area contributed by atoms with Crippen LogP contribution in [0.15, 0.2) is 71.5 Å². The minimum Gasteiger partial charge on any atom is -0.494 e. The van der Waals surface area contributed by atoms with Gasteiger partial charge in [0, 0.05) is 17.7 Å². The standard InChI is InChI=1S/C30H23N5O6/c1-41-23-15-16(35(39)40)12-13-21(23)33-27(37)24-22-11-6-14-32(22)30(25(24)28(33)38)18-8-3-5-10-20(18)34-26(36)17-7-2-4-9-19(17)31-29(30)34/h2-5,7-10,12-13,15,22,24-25H,6,11,14H2,1H3/t22-,24-,25+,30-/m0/s1. The number of anilines is 1. The molecule has 4 aromatic rings. The highest BCUT2D eigenvalue weighted by molar-refractivity contribution is 6.24. The second-order valence-corrected chi connectivity index (χ2v) is 10.9. The molecule has 3 fully saturated rings. The SMILES string of the molecule is COc1cc([N+](=O)[O-])ccc1N1C(=O)[C@H]2[C@@H]3CCCN3[C@@]3(c4ccccc4-n4c3nc3ccccc3c4=O)[C@H]2C1=O. The normalized spacial score (nSPS) is 26.0. The van der Waals surface area contributed by atoms with Gasteiger partial charge in [-0.25, -0.2) is 9.88 Å². The Morgan fingerprint density at radius 2 is 1.78 bits per heavy atom. The lowest BCUT2D eigenvalue weighted by molar-refractivity contribution is -0.384. The molecular formula is C30H23N5O6. The minimum atomic E-state index is -1.14. The van der Waals surface area contributed by atoms with E-state index in [1.165, 1.54) is 25.3 Å². The van der Waals surface area contributed by atoms with Gasteiger partial charge in [0.15, 0.2) is 0 Å². The summed E-state index contributed by atoms with van der Waals surface area (Å²) in [7, 11) is 1.35. The van der Waals surface area contributed by atoms with Crippen LogP contribution in [0.4, 0.5) is 11.4 Å². The van der Waals surface area contributed by atoms with Gasteiger partial charge in [0.05, 0.1) is 52.2 Å². The van der Waals surface area contributed by atoms with E-state index >= 15 is 0 Å². The van der Waals surface area contributed by atoms with E-state index in [0.717, 1.165) is 16.9 Å². The Bertz CT molecular complexity index is 1920. The molecule has 4 aliphatic rings. The molecule has 0 radical (unpaired) electrons. The number of methoxy groups -OCH3 is 1. The Morgan fingerprint density at radius 1 is 1.00 bits per heavy atom. The van der Waals surface area contributed by atoms with E-state index in [1.807, 2.05) is 30.3 Å². The van der Waals surface area contributed by atoms with Crippen LogP contribution in [0.1, 0.15) is 24.2 Å². The van der Waals surface area contributed by atoms with Crippen LogP contribution in [0.3, 0.4) is 0 Å². The van der Waals surface area contributed by atoms with Gasteiger partial charge in [0.25, 0.3) is 11.2 Å². The van der Waals surface area contributed by atoms with E-state index in [1.54, 1.807) is 22.8 Å². The molecule has 204 valence electrons. The number of para-hydroxylation sites is 2. The number of rotatable bonds is 3. The van der Waals surface area contributed by atoms with Crippen molar-refractivity contribution in [1.29, 1.82) is 0 Å². The second-order valence-electron chi connectivity index (χ2n) is 10.9. The smallest absolute Gasteiger partial charge is 0.273 e. The van der Waals surface area contributed by atoms with E-state index in [9.17, 15) is 24.5 Å². The zero-order valence-electron chi connectivity index (χ0n) is 21.9. The summed E-state index contributed by atoms with van der Waals surface area (Å²) < 4.78 is 7.04. The summed E-state index contributed by atoms with van der Waals surface area (Å²) in [4.78, 5) is 62.1. The van der Waals surface area contributed by atoms with Gasteiger partial charge in [-0.3, -0.25) is 34.0 Å². The van der Waals surface area contributed by atoms with Crippen LogP contribution in [0, 0.1) is 22.0 Å². The van der Waals surface area contributed by atoms with Crippen molar-refractivity contribution in [3.05, 3.63) is 98.6 Å². The number of non-ortho nitro benzene ring substituents is 1. The predicted molar refractivity (Wildman–Crippen MR) is 147 cm³/mol. The van der Waals surface area contributed by atoms with Gasteiger partial charge in [-0.2, -0.15) is 0 Å². The average Bonchev–Trinajstić information content (AvgIpc) is 3.70. The van der Waals surface area contributed by atoms with Crippen LogP contribution < -0.4 is 15.2 Å². The molecule has 0 unspecified atom stereocenters. The van der Waals surface area contributed by atoms with Gasteiger partial charge in [0.2, 0.25) is 11.8 Å². The van der Waals surface area contributed by atoms with Crippen LogP contribution >= 0.6 is 0 Å². The molecular weight excluding hydrogens is 526 g/mol. The number of hydrogen-bond donors (Lipinski definition) is 0. The van der Waals surface area contributed by atoms with Crippen molar-refractivity contribution < 1.29 is 19.2 Å². The zero-order valence-corrected chi connectivity index (χ0v) is 21.9. The first kappa shape index (κ1) is 23.9. The fourth-order valence-electron chi connectivity index (χ4n) is 7.82. The number of benzene rings is 3. The molecule has 0 N–H and O–H groups in total. The third kappa shape index (κ3) is 2.76. The molecule has 5 heterocycles. The number of nitro groups is 1.